The van der Waals surface area contributed by atoms with Crippen molar-refractivity contribution in [2.75, 3.05) is 20.3 Å². The Morgan fingerprint density at radius 3 is 2.79 bits per heavy atom. The van der Waals surface area contributed by atoms with Crippen LogP contribution in [0.2, 0.25) is 0 Å². The van der Waals surface area contributed by atoms with E-state index in [1.54, 1.807) is 0 Å². The average Bonchev–Trinajstić information content (AvgIpc) is 2.36. The third-order valence-electron chi connectivity index (χ3n) is 2.56. The zero-order valence-electron chi connectivity index (χ0n) is 11.7. The van der Waals surface area contributed by atoms with Gasteiger partial charge in [-0.1, -0.05) is 12.1 Å². The number of benzene rings is 1. The van der Waals surface area contributed by atoms with Gasteiger partial charge in [0.05, 0.1) is 12.6 Å². The van der Waals surface area contributed by atoms with Crippen LogP contribution in [0, 0.1) is 6.92 Å². The molecule has 19 heavy (non-hydrogen) atoms. The SMILES string of the molecule is COCC(N)C(=O)NC(C)COc1cccc(C)c1. The van der Waals surface area contributed by atoms with Crippen LogP contribution in [0.3, 0.4) is 0 Å². The van der Waals surface area contributed by atoms with Gasteiger partial charge < -0.3 is 20.5 Å². The molecule has 1 amide bonds. The molecule has 106 valence electrons. The quantitative estimate of drug-likeness (QED) is 0.767. The van der Waals surface area contributed by atoms with Gasteiger partial charge >= 0.3 is 0 Å². The van der Waals surface area contributed by atoms with E-state index >= 15 is 0 Å². The Morgan fingerprint density at radius 1 is 1.42 bits per heavy atom. The molecule has 2 atom stereocenters. The van der Waals surface area contributed by atoms with Crippen molar-refractivity contribution < 1.29 is 14.3 Å². The standard InChI is InChI=1S/C14H22N2O3/c1-10-5-4-6-12(7-10)19-8-11(2)16-14(17)13(15)9-18-3/h4-7,11,13H,8-9,15H2,1-3H3,(H,16,17). The molecule has 5 nitrogen and oxygen atoms in total. The molecule has 0 aliphatic carbocycles. The second-order valence-corrected chi connectivity index (χ2v) is 4.60. The zero-order chi connectivity index (χ0) is 14.3. The number of hydrogen-bond donors (Lipinski definition) is 2. The molecule has 1 aromatic rings. The first-order valence-corrected chi connectivity index (χ1v) is 6.27. The molecule has 0 radical (unpaired) electrons. The third kappa shape index (κ3) is 5.72. The van der Waals surface area contributed by atoms with E-state index in [1.807, 2.05) is 38.1 Å². The molecule has 0 saturated carbocycles. The number of carbonyl (C=O) groups excluding carboxylic acids is 1. The lowest BCUT2D eigenvalue weighted by Crippen LogP contribution is -2.48. The van der Waals surface area contributed by atoms with Crippen LogP contribution in [-0.4, -0.2) is 38.3 Å². The molecule has 1 aromatic carbocycles. The van der Waals surface area contributed by atoms with Crippen LogP contribution >= 0.6 is 0 Å². The second-order valence-electron chi connectivity index (χ2n) is 4.60. The van der Waals surface area contributed by atoms with Gasteiger partial charge in [0.25, 0.3) is 0 Å². The van der Waals surface area contributed by atoms with Crippen molar-refractivity contribution in [1.82, 2.24) is 5.32 Å². The van der Waals surface area contributed by atoms with Crippen LogP contribution in [0.4, 0.5) is 0 Å². The van der Waals surface area contributed by atoms with Crippen molar-refractivity contribution in [1.29, 1.82) is 0 Å². The highest BCUT2D eigenvalue weighted by Crippen LogP contribution is 2.12. The van der Waals surface area contributed by atoms with Crippen LogP contribution in [-0.2, 0) is 9.53 Å². The number of ether oxygens (including phenoxy) is 2. The Hall–Kier alpha value is -1.59. The number of aryl methyl sites for hydroxylation is 1. The number of methoxy groups -OCH3 is 1. The first kappa shape index (κ1) is 15.5. The van der Waals surface area contributed by atoms with Gasteiger partial charge in [-0.25, -0.2) is 0 Å². The normalized spacial score (nSPS) is 13.7. The predicted molar refractivity (Wildman–Crippen MR) is 74.1 cm³/mol. The second kappa shape index (κ2) is 7.76. The Balaban J connectivity index is 2.35. The highest BCUT2D eigenvalue weighted by Gasteiger charge is 2.15. The molecule has 0 aliphatic heterocycles. The van der Waals surface area contributed by atoms with Crippen LogP contribution in [0.5, 0.6) is 5.75 Å². The molecule has 0 fully saturated rings. The minimum atomic E-state index is -0.647. The summed E-state index contributed by atoms with van der Waals surface area (Å²) in [5.74, 6) is 0.560. The lowest BCUT2D eigenvalue weighted by molar-refractivity contribution is -0.124. The van der Waals surface area contributed by atoms with Gasteiger partial charge in [0.1, 0.15) is 18.4 Å². The molecule has 0 spiro atoms. The van der Waals surface area contributed by atoms with Crippen LogP contribution in [0.1, 0.15) is 12.5 Å². The number of nitrogens with two attached hydrogens (primary N) is 1. The molecule has 5 heteroatoms. The maximum Gasteiger partial charge on any atom is 0.239 e. The highest BCUT2D eigenvalue weighted by atomic mass is 16.5. The molecule has 0 aromatic heterocycles. The van der Waals surface area contributed by atoms with Gasteiger partial charge in [0, 0.05) is 7.11 Å². The van der Waals surface area contributed by atoms with Gasteiger partial charge in [0.15, 0.2) is 0 Å². The molecule has 0 aliphatic rings. The Morgan fingerprint density at radius 2 is 2.16 bits per heavy atom. The predicted octanol–water partition coefficient (Wildman–Crippen LogP) is 0.852. The van der Waals surface area contributed by atoms with Crippen molar-refractivity contribution >= 4 is 5.91 Å². The van der Waals surface area contributed by atoms with E-state index in [-0.39, 0.29) is 18.6 Å². The lowest BCUT2D eigenvalue weighted by Gasteiger charge is -2.17. The van der Waals surface area contributed by atoms with Gasteiger partial charge in [-0.15, -0.1) is 0 Å². The van der Waals surface area contributed by atoms with E-state index in [1.165, 1.54) is 7.11 Å². The molecule has 1 rings (SSSR count). The van der Waals surface area contributed by atoms with Crippen LogP contribution in [0.25, 0.3) is 0 Å². The monoisotopic (exact) mass is 266 g/mol. The van der Waals surface area contributed by atoms with Crippen molar-refractivity contribution in [3.8, 4) is 5.75 Å². The lowest BCUT2D eigenvalue weighted by atomic mass is 10.2. The Kier molecular flexibility index (Phi) is 6.32. The number of nitrogens with one attached hydrogen (secondary N) is 1. The summed E-state index contributed by atoms with van der Waals surface area (Å²) >= 11 is 0. The largest absolute Gasteiger partial charge is 0.491 e. The van der Waals surface area contributed by atoms with E-state index in [0.717, 1.165) is 11.3 Å². The first-order chi connectivity index (χ1) is 9.02. The summed E-state index contributed by atoms with van der Waals surface area (Å²) in [5, 5.41) is 2.78. The molecule has 0 bridgehead atoms. The molecule has 2 unspecified atom stereocenters. The molecule has 0 heterocycles. The third-order valence-corrected chi connectivity index (χ3v) is 2.56. The van der Waals surface area contributed by atoms with E-state index < -0.39 is 6.04 Å². The van der Waals surface area contributed by atoms with Gasteiger partial charge in [0.2, 0.25) is 5.91 Å². The van der Waals surface area contributed by atoms with Gasteiger partial charge in [-0.2, -0.15) is 0 Å². The average molecular weight is 266 g/mol. The molecule has 0 saturated heterocycles. The minimum Gasteiger partial charge on any atom is -0.491 e. The van der Waals surface area contributed by atoms with E-state index in [2.05, 4.69) is 5.32 Å². The Bertz CT molecular complexity index is 409. The van der Waals surface area contributed by atoms with Gasteiger partial charge in [-0.3, -0.25) is 4.79 Å². The summed E-state index contributed by atoms with van der Waals surface area (Å²) < 4.78 is 10.4. The fourth-order valence-corrected chi connectivity index (χ4v) is 1.57. The maximum atomic E-state index is 11.6. The van der Waals surface area contributed by atoms with Crippen molar-refractivity contribution in [2.24, 2.45) is 5.73 Å². The smallest absolute Gasteiger partial charge is 0.239 e. The Labute approximate surface area is 114 Å². The van der Waals surface area contributed by atoms with E-state index in [4.69, 9.17) is 15.2 Å². The summed E-state index contributed by atoms with van der Waals surface area (Å²) in [6, 6.07) is 7.01. The topological polar surface area (TPSA) is 73.6 Å². The molecule has 3 N–H and O–H groups in total. The summed E-state index contributed by atoms with van der Waals surface area (Å²) in [4.78, 5) is 11.6. The summed E-state index contributed by atoms with van der Waals surface area (Å²) in [5.41, 5.74) is 6.76. The van der Waals surface area contributed by atoms with Crippen LogP contribution < -0.4 is 15.8 Å². The maximum absolute atomic E-state index is 11.6. The zero-order valence-corrected chi connectivity index (χ0v) is 11.7. The fraction of sp³-hybridized carbons (Fsp3) is 0.500. The summed E-state index contributed by atoms with van der Waals surface area (Å²) in [6.07, 6.45) is 0. The minimum absolute atomic E-state index is 0.115. The summed E-state index contributed by atoms with van der Waals surface area (Å²) in [6.45, 7) is 4.47. The van der Waals surface area contributed by atoms with Crippen molar-refractivity contribution in [3.05, 3.63) is 29.8 Å². The van der Waals surface area contributed by atoms with Crippen LogP contribution in [0.15, 0.2) is 24.3 Å². The van der Waals surface area contributed by atoms with E-state index in [0.29, 0.717) is 6.61 Å². The number of amides is 1. The molecular weight excluding hydrogens is 244 g/mol. The van der Waals surface area contributed by atoms with E-state index in [9.17, 15) is 4.79 Å². The van der Waals surface area contributed by atoms with Crippen molar-refractivity contribution in [3.63, 3.8) is 0 Å². The highest BCUT2D eigenvalue weighted by molar-refractivity contribution is 5.81. The van der Waals surface area contributed by atoms with Gasteiger partial charge in [-0.05, 0) is 31.5 Å². The van der Waals surface area contributed by atoms with Crippen molar-refractivity contribution in [2.45, 2.75) is 25.9 Å². The number of carbonyl (C=O) groups is 1. The number of hydrogen-bond acceptors (Lipinski definition) is 4. The summed E-state index contributed by atoms with van der Waals surface area (Å²) in [7, 11) is 1.51. The number of rotatable bonds is 7. The molecular formula is C14H22N2O3. The fourth-order valence-electron chi connectivity index (χ4n) is 1.57. The first-order valence-electron chi connectivity index (χ1n) is 6.27.